The summed E-state index contributed by atoms with van der Waals surface area (Å²) < 4.78 is 0. The molecule has 0 aliphatic carbocycles. The van der Waals surface area contributed by atoms with Crippen LogP contribution in [0.2, 0.25) is 0 Å². The van der Waals surface area contributed by atoms with Crippen LogP contribution in [-0.2, 0) is 4.79 Å². The third-order valence-corrected chi connectivity index (χ3v) is 6.45. The predicted molar refractivity (Wildman–Crippen MR) is 104 cm³/mol. The van der Waals surface area contributed by atoms with Crippen molar-refractivity contribution in [3.8, 4) is 0 Å². The van der Waals surface area contributed by atoms with E-state index in [0.717, 1.165) is 5.75 Å². The van der Waals surface area contributed by atoms with E-state index in [9.17, 15) is 15.0 Å². The lowest BCUT2D eigenvalue weighted by molar-refractivity contribution is -0.132. The number of aliphatic hydroxyl groups excluding tert-OH is 2. The van der Waals surface area contributed by atoms with Gasteiger partial charge in [0.05, 0.1) is 17.6 Å². The molecule has 0 unspecified atom stereocenters. The lowest BCUT2D eigenvalue weighted by Crippen LogP contribution is -2.39. The summed E-state index contributed by atoms with van der Waals surface area (Å²) in [7, 11) is 0. The van der Waals surface area contributed by atoms with Crippen molar-refractivity contribution in [2.24, 2.45) is 17.3 Å². The van der Waals surface area contributed by atoms with E-state index in [1.165, 1.54) is 0 Å². The second-order valence-electron chi connectivity index (χ2n) is 8.57. The van der Waals surface area contributed by atoms with E-state index in [4.69, 9.17) is 5.11 Å². The van der Waals surface area contributed by atoms with Gasteiger partial charge in [0.15, 0.2) is 0 Å². The highest BCUT2D eigenvalue weighted by Gasteiger charge is 2.33. The second kappa shape index (κ2) is 9.40. The number of carboxylic acid groups (broad SMARTS) is 1. The van der Waals surface area contributed by atoms with Crippen molar-refractivity contribution in [1.82, 2.24) is 5.32 Å². The average molecular weight is 374 g/mol. The average Bonchev–Trinajstić information content (AvgIpc) is 2.93. The molecule has 4 N–H and O–H groups in total. The molecule has 0 saturated carbocycles. The molecule has 1 saturated heterocycles. The molecule has 6 atom stereocenters. The van der Waals surface area contributed by atoms with Crippen LogP contribution in [0, 0.1) is 17.3 Å². The van der Waals surface area contributed by atoms with Gasteiger partial charge in [0.2, 0.25) is 0 Å². The molecule has 0 bridgehead atoms. The molecule has 1 fully saturated rings. The zero-order chi connectivity index (χ0) is 19.4. The minimum Gasteiger partial charge on any atom is -0.478 e. The monoisotopic (exact) mass is 373 g/mol. The fourth-order valence-electron chi connectivity index (χ4n) is 2.95. The number of carboxylic acids is 1. The Hall–Kier alpha value is -0.560. The molecule has 1 aliphatic heterocycles. The van der Waals surface area contributed by atoms with Gasteiger partial charge < -0.3 is 15.3 Å². The first-order chi connectivity index (χ1) is 11.4. The SMILES string of the molecule is C/C(=C\[C@H]1CS[C@H]([C@@H](C)[C@@H](O)C[C@H](C)C[C@H](O)C(C)(C)C)N1)C(=O)O. The summed E-state index contributed by atoms with van der Waals surface area (Å²) in [6, 6.07) is 0.0286. The highest BCUT2D eigenvalue weighted by Crippen LogP contribution is 2.31. The molecule has 6 heteroatoms. The van der Waals surface area contributed by atoms with Gasteiger partial charge >= 0.3 is 5.97 Å². The van der Waals surface area contributed by atoms with Crippen LogP contribution in [0.25, 0.3) is 0 Å². The normalized spacial score (nSPS) is 27.0. The maximum Gasteiger partial charge on any atom is 0.331 e. The molecule has 0 amide bonds. The number of thioether (sulfide) groups is 1. The highest BCUT2D eigenvalue weighted by atomic mass is 32.2. The van der Waals surface area contributed by atoms with E-state index in [0.29, 0.717) is 18.4 Å². The van der Waals surface area contributed by atoms with Crippen LogP contribution in [0.3, 0.4) is 0 Å². The Labute approximate surface area is 156 Å². The van der Waals surface area contributed by atoms with E-state index in [-0.39, 0.29) is 34.8 Å². The van der Waals surface area contributed by atoms with Crippen LogP contribution in [0.5, 0.6) is 0 Å². The number of carbonyl (C=O) groups is 1. The zero-order valence-electron chi connectivity index (χ0n) is 16.3. The maximum atomic E-state index is 10.9. The Morgan fingerprint density at radius 1 is 1.28 bits per heavy atom. The van der Waals surface area contributed by atoms with Gasteiger partial charge in [0.25, 0.3) is 0 Å². The molecular formula is C19H35NO4S. The molecule has 0 spiro atoms. The standard InChI is InChI=1S/C19H35NO4S/c1-11(8-16(22)19(4,5)6)7-15(21)13(3)17-20-14(10-25-17)9-12(2)18(23)24/h9,11,13-17,20-22H,7-8,10H2,1-6H3,(H,23,24)/b12-9+/t11-,13-,14-,15-,16-,17+/m0/s1. The van der Waals surface area contributed by atoms with Crippen LogP contribution >= 0.6 is 11.8 Å². The maximum absolute atomic E-state index is 10.9. The van der Waals surface area contributed by atoms with E-state index in [1.807, 2.05) is 27.7 Å². The molecule has 1 rings (SSSR count). The van der Waals surface area contributed by atoms with Crippen molar-refractivity contribution >= 4 is 17.7 Å². The topological polar surface area (TPSA) is 89.8 Å². The highest BCUT2D eigenvalue weighted by molar-refractivity contribution is 8.00. The first-order valence-corrected chi connectivity index (χ1v) is 10.1. The third-order valence-electron chi connectivity index (χ3n) is 4.98. The smallest absolute Gasteiger partial charge is 0.331 e. The molecule has 0 aromatic carbocycles. The summed E-state index contributed by atoms with van der Waals surface area (Å²) in [6.45, 7) is 11.8. The van der Waals surface area contributed by atoms with Gasteiger partial charge in [0.1, 0.15) is 0 Å². The van der Waals surface area contributed by atoms with Crippen molar-refractivity contribution in [3.05, 3.63) is 11.6 Å². The number of aliphatic hydroxyl groups is 2. The summed E-state index contributed by atoms with van der Waals surface area (Å²) in [6.07, 6.45) is 2.26. The quantitative estimate of drug-likeness (QED) is 0.489. The summed E-state index contributed by atoms with van der Waals surface area (Å²) in [5.74, 6) is 0.213. The minimum atomic E-state index is -0.894. The first kappa shape index (κ1) is 22.5. The fourth-order valence-corrected chi connectivity index (χ4v) is 4.31. The van der Waals surface area contributed by atoms with Crippen LogP contribution < -0.4 is 5.32 Å². The van der Waals surface area contributed by atoms with Crippen molar-refractivity contribution in [2.45, 2.75) is 78.0 Å². The fraction of sp³-hybridized carbons (Fsp3) is 0.842. The molecule has 146 valence electrons. The Morgan fingerprint density at radius 2 is 1.88 bits per heavy atom. The van der Waals surface area contributed by atoms with Crippen LogP contribution in [0.4, 0.5) is 0 Å². The van der Waals surface area contributed by atoms with Gasteiger partial charge in [-0.25, -0.2) is 4.79 Å². The predicted octanol–water partition coefficient (Wildman–Crippen LogP) is 2.87. The molecule has 0 radical (unpaired) electrons. The van der Waals surface area contributed by atoms with E-state index in [2.05, 4.69) is 12.2 Å². The van der Waals surface area contributed by atoms with Gasteiger partial charge in [-0.2, -0.15) is 0 Å². The van der Waals surface area contributed by atoms with Gasteiger partial charge in [0, 0.05) is 23.3 Å². The van der Waals surface area contributed by atoms with E-state index < -0.39 is 12.1 Å². The summed E-state index contributed by atoms with van der Waals surface area (Å²) in [5, 5.41) is 33.3. The van der Waals surface area contributed by atoms with Crippen LogP contribution in [0.15, 0.2) is 11.6 Å². The van der Waals surface area contributed by atoms with Gasteiger partial charge in [-0.05, 0) is 31.1 Å². The van der Waals surface area contributed by atoms with Gasteiger partial charge in [-0.15, -0.1) is 11.8 Å². The molecule has 1 heterocycles. The number of hydrogen-bond acceptors (Lipinski definition) is 5. The van der Waals surface area contributed by atoms with E-state index >= 15 is 0 Å². The summed E-state index contributed by atoms with van der Waals surface area (Å²) in [5.41, 5.74) is 0.201. The largest absolute Gasteiger partial charge is 0.478 e. The number of hydrogen-bond donors (Lipinski definition) is 4. The summed E-state index contributed by atoms with van der Waals surface area (Å²) >= 11 is 1.73. The van der Waals surface area contributed by atoms with Crippen LogP contribution in [0.1, 0.15) is 54.4 Å². The molecule has 0 aromatic heterocycles. The van der Waals surface area contributed by atoms with E-state index in [1.54, 1.807) is 24.8 Å². The molecule has 5 nitrogen and oxygen atoms in total. The lowest BCUT2D eigenvalue weighted by atomic mass is 9.82. The minimum absolute atomic E-state index is 0.0286. The number of aliphatic carboxylic acids is 1. The second-order valence-corrected chi connectivity index (χ2v) is 9.74. The lowest BCUT2D eigenvalue weighted by Gasteiger charge is -2.31. The first-order valence-electron chi connectivity index (χ1n) is 9.07. The van der Waals surface area contributed by atoms with Crippen LogP contribution in [-0.4, -0.2) is 50.7 Å². The molecule has 0 aromatic rings. The number of rotatable bonds is 8. The Kier molecular flexibility index (Phi) is 8.45. The molecule has 25 heavy (non-hydrogen) atoms. The van der Waals surface area contributed by atoms with Gasteiger partial charge in [-0.1, -0.05) is 40.7 Å². The van der Waals surface area contributed by atoms with Gasteiger partial charge in [-0.3, -0.25) is 5.32 Å². The van der Waals surface area contributed by atoms with Crippen molar-refractivity contribution < 1.29 is 20.1 Å². The molecule has 1 aliphatic rings. The van der Waals surface area contributed by atoms with Crippen molar-refractivity contribution in [3.63, 3.8) is 0 Å². The van der Waals surface area contributed by atoms with Crippen molar-refractivity contribution in [1.29, 1.82) is 0 Å². The molecular weight excluding hydrogens is 338 g/mol. The number of nitrogens with one attached hydrogen (secondary N) is 1. The van der Waals surface area contributed by atoms with Crippen molar-refractivity contribution in [2.75, 3.05) is 5.75 Å². The Bertz CT molecular complexity index is 475. The summed E-state index contributed by atoms with van der Waals surface area (Å²) in [4.78, 5) is 10.9. The Morgan fingerprint density at radius 3 is 2.40 bits per heavy atom. The zero-order valence-corrected chi connectivity index (χ0v) is 17.1. The Balaban J connectivity index is 2.50. The third kappa shape index (κ3) is 7.29.